The lowest BCUT2D eigenvalue weighted by molar-refractivity contribution is 0.763. The van der Waals surface area contributed by atoms with E-state index in [1.165, 1.54) is 0 Å². The van der Waals surface area contributed by atoms with Crippen LogP contribution in [0.2, 0.25) is 0 Å². The van der Waals surface area contributed by atoms with E-state index in [2.05, 4.69) is 15.1 Å². The molecule has 0 atom stereocenters. The van der Waals surface area contributed by atoms with E-state index in [9.17, 15) is 0 Å². The van der Waals surface area contributed by atoms with Crippen LogP contribution in [0.1, 0.15) is 12.6 Å². The highest BCUT2D eigenvalue weighted by Gasteiger charge is 2.07. The third-order valence-electron chi connectivity index (χ3n) is 1.91. The third-order valence-corrected chi connectivity index (χ3v) is 1.91. The lowest BCUT2D eigenvalue weighted by atomic mass is 10.3. The van der Waals surface area contributed by atoms with Gasteiger partial charge in [0.2, 0.25) is 0 Å². The van der Waals surface area contributed by atoms with Crippen LogP contribution >= 0.6 is 0 Å². The molecule has 0 bridgehead atoms. The minimum atomic E-state index is 0.495. The Balaban J connectivity index is 2.51. The number of hydrogen-bond donors (Lipinski definition) is 1. The van der Waals surface area contributed by atoms with Gasteiger partial charge < -0.3 is 5.73 Å². The predicted molar refractivity (Wildman–Crippen MR) is 52.9 cm³/mol. The Kier molecular flexibility index (Phi) is 2.14. The minimum absolute atomic E-state index is 0.495. The van der Waals surface area contributed by atoms with Crippen molar-refractivity contribution in [2.45, 2.75) is 13.3 Å². The fourth-order valence-electron chi connectivity index (χ4n) is 1.27. The van der Waals surface area contributed by atoms with E-state index in [4.69, 9.17) is 5.73 Å². The van der Waals surface area contributed by atoms with Gasteiger partial charge in [0.1, 0.15) is 5.82 Å². The highest BCUT2D eigenvalue weighted by atomic mass is 15.4. The monoisotopic (exact) mass is 189 g/mol. The summed E-state index contributed by atoms with van der Waals surface area (Å²) in [5.41, 5.74) is 6.61. The average molecular weight is 189 g/mol. The Morgan fingerprint density at radius 2 is 2.07 bits per heavy atom. The zero-order chi connectivity index (χ0) is 9.97. The first kappa shape index (κ1) is 8.68. The molecule has 0 spiro atoms. The number of rotatable bonds is 2. The number of aromatic nitrogens is 4. The molecule has 2 aromatic rings. The van der Waals surface area contributed by atoms with Crippen LogP contribution in [0.25, 0.3) is 5.95 Å². The number of hydrogen-bond acceptors (Lipinski definition) is 4. The maximum Gasteiger partial charge on any atom is 0.250 e. The van der Waals surface area contributed by atoms with Gasteiger partial charge in [-0.25, -0.2) is 14.6 Å². The van der Waals surface area contributed by atoms with E-state index >= 15 is 0 Å². The fraction of sp³-hybridized carbons (Fsp3) is 0.222. The number of nitrogens with zero attached hydrogens (tertiary/aromatic N) is 4. The zero-order valence-corrected chi connectivity index (χ0v) is 7.88. The van der Waals surface area contributed by atoms with Crippen molar-refractivity contribution in [3.8, 4) is 5.95 Å². The second kappa shape index (κ2) is 3.45. The van der Waals surface area contributed by atoms with Gasteiger partial charge in [-0.1, -0.05) is 6.92 Å². The molecule has 0 aliphatic carbocycles. The van der Waals surface area contributed by atoms with Gasteiger partial charge in [0.05, 0.1) is 0 Å². The smallest absolute Gasteiger partial charge is 0.250 e. The highest BCUT2D eigenvalue weighted by Crippen LogP contribution is 2.10. The molecule has 2 heterocycles. The zero-order valence-electron chi connectivity index (χ0n) is 7.88. The maximum atomic E-state index is 5.60. The molecule has 0 radical (unpaired) electrons. The van der Waals surface area contributed by atoms with Crippen molar-refractivity contribution >= 4 is 5.82 Å². The number of aryl methyl sites for hydroxylation is 1. The van der Waals surface area contributed by atoms with Crippen LogP contribution in [0.5, 0.6) is 0 Å². The average Bonchev–Trinajstić information content (AvgIpc) is 2.61. The summed E-state index contributed by atoms with van der Waals surface area (Å²) in [7, 11) is 0. The standard InChI is InChI=1S/C9H11N5/c1-2-7-6-8(10)13-14(7)9-11-4-3-5-12-9/h3-6H,2H2,1H3,(H2,10,13). The highest BCUT2D eigenvalue weighted by molar-refractivity contribution is 5.32. The minimum Gasteiger partial charge on any atom is -0.382 e. The van der Waals surface area contributed by atoms with Crippen LogP contribution in [-0.4, -0.2) is 19.7 Å². The number of nitrogens with two attached hydrogens (primary N) is 1. The lowest BCUT2D eigenvalue weighted by Gasteiger charge is -2.01. The van der Waals surface area contributed by atoms with Crippen LogP contribution in [-0.2, 0) is 6.42 Å². The van der Waals surface area contributed by atoms with Crippen molar-refractivity contribution in [2.24, 2.45) is 0 Å². The summed E-state index contributed by atoms with van der Waals surface area (Å²) in [6.45, 7) is 2.04. The van der Waals surface area contributed by atoms with Crippen molar-refractivity contribution in [1.82, 2.24) is 19.7 Å². The first-order valence-electron chi connectivity index (χ1n) is 4.43. The summed E-state index contributed by atoms with van der Waals surface area (Å²) in [6.07, 6.45) is 4.21. The normalized spacial score (nSPS) is 10.4. The van der Waals surface area contributed by atoms with Crippen LogP contribution in [0.4, 0.5) is 5.82 Å². The van der Waals surface area contributed by atoms with Gasteiger partial charge in [0.25, 0.3) is 5.95 Å². The van der Waals surface area contributed by atoms with E-state index in [0.29, 0.717) is 11.8 Å². The van der Waals surface area contributed by atoms with Crippen LogP contribution < -0.4 is 5.73 Å². The van der Waals surface area contributed by atoms with Gasteiger partial charge in [-0.15, -0.1) is 5.10 Å². The first-order chi connectivity index (χ1) is 6.81. The first-order valence-corrected chi connectivity index (χ1v) is 4.43. The molecule has 5 nitrogen and oxygen atoms in total. The van der Waals surface area contributed by atoms with Crippen molar-refractivity contribution < 1.29 is 0 Å². The van der Waals surface area contributed by atoms with Crippen molar-refractivity contribution in [1.29, 1.82) is 0 Å². The van der Waals surface area contributed by atoms with E-state index in [-0.39, 0.29) is 0 Å². The van der Waals surface area contributed by atoms with Gasteiger partial charge in [0.15, 0.2) is 0 Å². The summed E-state index contributed by atoms with van der Waals surface area (Å²) in [4.78, 5) is 8.21. The summed E-state index contributed by atoms with van der Waals surface area (Å²) < 4.78 is 1.66. The van der Waals surface area contributed by atoms with E-state index in [0.717, 1.165) is 12.1 Å². The quantitative estimate of drug-likeness (QED) is 0.758. The van der Waals surface area contributed by atoms with E-state index in [1.54, 1.807) is 23.1 Å². The largest absolute Gasteiger partial charge is 0.382 e. The van der Waals surface area contributed by atoms with Gasteiger partial charge in [-0.3, -0.25) is 0 Å². The molecule has 14 heavy (non-hydrogen) atoms. The van der Waals surface area contributed by atoms with Gasteiger partial charge >= 0.3 is 0 Å². The Hall–Kier alpha value is -1.91. The lowest BCUT2D eigenvalue weighted by Crippen LogP contribution is -2.05. The molecule has 72 valence electrons. The Morgan fingerprint density at radius 1 is 1.36 bits per heavy atom. The molecule has 2 aromatic heterocycles. The molecule has 0 aromatic carbocycles. The second-order valence-electron chi connectivity index (χ2n) is 2.87. The Labute approximate surface area is 81.6 Å². The molecule has 2 rings (SSSR count). The molecule has 5 heteroatoms. The molecule has 0 aliphatic rings. The summed E-state index contributed by atoms with van der Waals surface area (Å²) in [6, 6.07) is 3.60. The SMILES string of the molecule is CCc1cc(N)nn1-c1ncccn1. The van der Waals surface area contributed by atoms with Crippen LogP contribution in [0.3, 0.4) is 0 Å². The van der Waals surface area contributed by atoms with Crippen molar-refractivity contribution in [3.63, 3.8) is 0 Å². The molecule has 0 amide bonds. The predicted octanol–water partition coefficient (Wildman–Crippen LogP) is 0.807. The topological polar surface area (TPSA) is 69.6 Å². The fourth-order valence-corrected chi connectivity index (χ4v) is 1.27. The second-order valence-corrected chi connectivity index (χ2v) is 2.87. The summed E-state index contributed by atoms with van der Waals surface area (Å²) in [5, 5.41) is 4.12. The van der Waals surface area contributed by atoms with Gasteiger partial charge in [0, 0.05) is 24.2 Å². The molecule has 0 fully saturated rings. The van der Waals surface area contributed by atoms with E-state index < -0.39 is 0 Å². The molecule has 0 saturated heterocycles. The molecule has 0 saturated carbocycles. The summed E-state index contributed by atoms with van der Waals surface area (Å²) in [5.74, 6) is 1.05. The molecular formula is C9H11N5. The summed E-state index contributed by atoms with van der Waals surface area (Å²) >= 11 is 0. The third kappa shape index (κ3) is 1.44. The van der Waals surface area contributed by atoms with Gasteiger partial charge in [-0.05, 0) is 12.5 Å². The van der Waals surface area contributed by atoms with Crippen molar-refractivity contribution in [2.75, 3.05) is 5.73 Å². The maximum absolute atomic E-state index is 5.60. The molecular weight excluding hydrogens is 178 g/mol. The molecule has 2 N–H and O–H groups in total. The number of nitrogen functional groups attached to an aromatic ring is 1. The molecule has 0 aliphatic heterocycles. The van der Waals surface area contributed by atoms with E-state index in [1.807, 2.05) is 13.0 Å². The Morgan fingerprint density at radius 3 is 2.71 bits per heavy atom. The van der Waals surface area contributed by atoms with Gasteiger partial charge in [-0.2, -0.15) is 0 Å². The Bertz CT molecular complexity index is 420. The number of anilines is 1. The van der Waals surface area contributed by atoms with Crippen LogP contribution in [0.15, 0.2) is 24.5 Å². The molecule has 0 unspecified atom stereocenters. The van der Waals surface area contributed by atoms with Crippen molar-refractivity contribution in [3.05, 3.63) is 30.2 Å². The van der Waals surface area contributed by atoms with Crippen LogP contribution in [0, 0.1) is 0 Å².